The molecule has 0 bridgehead atoms. The van der Waals surface area contributed by atoms with Crippen LogP contribution in [0.15, 0.2) is 39.7 Å². The Morgan fingerprint density at radius 1 is 1.41 bits per heavy atom. The average molecular weight is 250 g/mol. The first kappa shape index (κ1) is 11.4. The fourth-order valence-electron chi connectivity index (χ4n) is 1.41. The molecule has 4 nitrogen and oxygen atoms in total. The number of fused-ring (bicyclic) bond motifs is 1. The zero-order valence-electron chi connectivity index (χ0n) is 8.64. The molecule has 2 N–H and O–H groups in total. The monoisotopic (exact) mass is 249 g/mol. The Morgan fingerprint density at radius 2 is 2.18 bits per heavy atom. The molecule has 0 radical (unpaired) electrons. The summed E-state index contributed by atoms with van der Waals surface area (Å²) in [5.74, 6) is -0.629. The van der Waals surface area contributed by atoms with Gasteiger partial charge in [-0.1, -0.05) is 11.6 Å². The number of rotatable bonds is 2. The molecule has 1 amide bonds. The molecule has 86 valence electrons. The molecule has 1 aromatic carbocycles. The van der Waals surface area contributed by atoms with E-state index in [9.17, 15) is 9.59 Å². The van der Waals surface area contributed by atoms with Crippen LogP contribution in [0.1, 0.15) is 5.56 Å². The molecular weight excluding hydrogens is 242 g/mol. The lowest BCUT2D eigenvalue weighted by atomic mass is 10.1. The van der Waals surface area contributed by atoms with E-state index in [4.69, 9.17) is 21.8 Å². The molecule has 0 unspecified atom stereocenters. The normalized spacial score (nSPS) is 11.1. The first-order valence-electron chi connectivity index (χ1n) is 4.76. The Morgan fingerprint density at radius 3 is 2.88 bits per heavy atom. The smallest absolute Gasteiger partial charge is 0.241 e. The Labute approximate surface area is 101 Å². The van der Waals surface area contributed by atoms with Crippen LogP contribution in [-0.2, 0) is 4.79 Å². The van der Waals surface area contributed by atoms with Crippen molar-refractivity contribution < 1.29 is 9.21 Å². The Balaban J connectivity index is 2.65. The zero-order valence-corrected chi connectivity index (χ0v) is 9.40. The first-order chi connectivity index (χ1) is 8.08. The highest BCUT2D eigenvalue weighted by molar-refractivity contribution is 6.31. The summed E-state index contributed by atoms with van der Waals surface area (Å²) in [6, 6.07) is 4.76. The van der Waals surface area contributed by atoms with Crippen LogP contribution in [0.4, 0.5) is 0 Å². The number of nitrogens with two attached hydrogens (primary N) is 1. The summed E-state index contributed by atoms with van der Waals surface area (Å²) >= 11 is 5.80. The lowest BCUT2D eigenvalue weighted by Crippen LogP contribution is -2.08. The summed E-state index contributed by atoms with van der Waals surface area (Å²) in [5, 5.41) is 0.810. The maximum atomic E-state index is 12.0. The topological polar surface area (TPSA) is 73.3 Å². The number of carbonyl (C=O) groups is 1. The van der Waals surface area contributed by atoms with E-state index in [1.54, 1.807) is 12.1 Å². The molecule has 0 saturated heterocycles. The molecular formula is C12H8ClNO3. The van der Waals surface area contributed by atoms with Crippen molar-refractivity contribution in [3.8, 4) is 0 Å². The molecule has 0 saturated carbocycles. The summed E-state index contributed by atoms with van der Waals surface area (Å²) in [6.07, 6.45) is 3.69. The first-order valence-corrected chi connectivity index (χ1v) is 5.14. The van der Waals surface area contributed by atoms with Gasteiger partial charge in [0, 0.05) is 11.1 Å². The largest absolute Gasteiger partial charge is 0.463 e. The van der Waals surface area contributed by atoms with Gasteiger partial charge < -0.3 is 10.2 Å². The number of carbonyl (C=O) groups excluding carboxylic acids is 1. The highest BCUT2D eigenvalue weighted by atomic mass is 35.5. The standard InChI is InChI=1S/C12H8ClNO3/c13-8-2-3-10-9(5-8)12(16)7(6-17-10)1-4-11(14)15/h1-6H,(H2,14,15). The van der Waals surface area contributed by atoms with E-state index in [-0.39, 0.29) is 11.0 Å². The minimum atomic E-state index is -0.629. The predicted molar refractivity (Wildman–Crippen MR) is 65.7 cm³/mol. The van der Waals surface area contributed by atoms with E-state index in [2.05, 4.69) is 0 Å². The summed E-state index contributed by atoms with van der Waals surface area (Å²) < 4.78 is 5.25. The van der Waals surface area contributed by atoms with Crippen molar-refractivity contribution in [3.05, 3.63) is 51.3 Å². The minimum absolute atomic E-state index is 0.249. The third kappa shape index (κ3) is 2.37. The molecule has 2 rings (SSSR count). The van der Waals surface area contributed by atoms with Gasteiger partial charge in [0.25, 0.3) is 0 Å². The molecule has 0 fully saturated rings. The van der Waals surface area contributed by atoms with E-state index in [0.29, 0.717) is 16.0 Å². The van der Waals surface area contributed by atoms with Crippen LogP contribution in [0, 0.1) is 0 Å². The third-order valence-electron chi connectivity index (χ3n) is 2.19. The van der Waals surface area contributed by atoms with E-state index in [0.717, 1.165) is 6.08 Å². The highest BCUT2D eigenvalue weighted by Crippen LogP contribution is 2.17. The van der Waals surface area contributed by atoms with Crippen molar-refractivity contribution in [2.75, 3.05) is 0 Å². The summed E-state index contributed by atoms with van der Waals surface area (Å²) in [4.78, 5) is 22.6. The van der Waals surface area contributed by atoms with E-state index in [1.165, 1.54) is 18.4 Å². The number of benzene rings is 1. The maximum Gasteiger partial charge on any atom is 0.241 e. The molecule has 0 aliphatic rings. The Kier molecular flexibility index (Phi) is 2.97. The molecule has 1 aromatic heterocycles. The Bertz CT molecular complexity index is 673. The number of hydrogen-bond donors (Lipinski definition) is 1. The van der Waals surface area contributed by atoms with Gasteiger partial charge >= 0.3 is 0 Å². The lowest BCUT2D eigenvalue weighted by molar-refractivity contribution is -0.113. The number of hydrogen-bond acceptors (Lipinski definition) is 3. The fraction of sp³-hybridized carbons (Fsp3) is 0. The van der Waals surface area contributed by atoms with Gasteiger partial charge in [-0.05, 0) is 24.3 Å². The van der Waals surface area contributed by atoms with Crippen LogP contribution in [0.25, 0.3) is 17.0 Å². The zero-order chi connectivity index (χ0) is 12.4. The van der Waals surface area contributed by atoms with Gasteiger partial charge in [-0.15, -0.1) is 0 Å². The van der Waals surface area contributed by atoms with Gasteiger partial charge in [0.15, 0.2) is 5.43 Å². The van der Waals surface area contributed by atoms with Gasteiger partial charge in [-0.3, -0.25) is 9.59 Å². The van der Waals surface area contributed by atoms with Gasteiger partial charge in [-0.2, -0.15) is 0 Å². The van der Waals surface area contributed by atoms with Gasteiger partial charge in [-0.25, -0.2) is 0 Å². The average Bonchev–Trinajstić information content (AvgIpc) is 2.29. The van der Waals surface area contributed by atoms with Crippen LogP contribution in [0.3, 0.4) is 0 Å². The molecule has 0 atom stereocenters. The molecule has 5 heteroatoms. The van der Waals surface area contributed by atoms with Gasteiger partial charge in [0.05, 0.1) is 10.9 Å². The SMILES string of the molecule is NC(=O)C=Cc1coc2ccc(Cl)cc2c1=O. The number of amides is 1. The summed E-state index contributed by atoms with van der Waals surface area (Å²) in [7, 11) is 0. The van der Waals surface area contributed by atoms with Crippen molar-refractivity contribution in [2.45, 2.75) is 0 Å². The molecule has 0 spiro atoms. The van der Waals surface area contributed by atoms with Crippen LogP contribution in [0.2, 0.25) is 5.02 Å². The second-order valence-corrected chi connectivity index (χ2v) is 3.83. The summed E-state index contributed by atoms with van der Waals surface area (Å²) in [6.45, 7) is 0. The van der Waals surface area contributed by atoms with Crippen molar-refractivity contribution in [3.63, 3.8) is 0 Å². The molecule has 17 heavy (non-hydrogen) atoms. The predicted octanol–water partition coefficient (Wildman–Crippen LogP) is 1.94. The van der Waals surface area contributed by atoms with Crippen molar-refractivity contribution in [2.24, 2.45) is 5.73 Å². The minimum Gasteiger partial charge on any atom is -0.463 e. The summed E-state index contributed by atoms with van der Waals surface area (Å²) in [5.41, 5.74) is 5.38. The van der Waals surface area contributed by atoms with Gasteiger partial charge in [0.1, 0.15) is 11.8 Å². The van der Waals surface area contributed by atoms with E-state index in [1.807, 2.05) is 0 Å². The second kappa shape index (κ2) is 4.43. The van der Waals surface area contributed by atoms with Crippen LogP contribution in [0.5, 0.6) is 0 Å². The van der Waals surface area contributed by atoms with E-state index >= 15 is 0 Å². The van der Waals surface area contributed by atoms with Crippen LogP contribution >= 0.6 is 11.6 Å². The lowest BCUT2D eigenvalue weighted by Gasteiger charge is -1.98. The highest BCUT2D eigenvalue weighted by Gasteiger charge is 2.05. The van der Waals surface area contributed by atoms with E-state index < -0.39 is 5.91 Å². The third-order valence-corrected chi connectivity index (χ3v) is 2.42. The molecule has 2 aromatic rings. The van der Waals surface area contributed by atoms with Crippen molar-refractivity contribution in [1.82, 2.24) is 0 Å². The number of primary amides is 1. The molecule has 1 heterocycles. The Hall–Kier alpha value is -2.07. The fourth-order valence-corrected chi connectivity index (χ4v) is 1.58. The molecule has 0 aliphatic carbocycles. The van der Waals surface area contributed by atoms with Crippen molar-refractivity contribution in [1.29, 1.82) is 0 Å². The quantitative estimate of drug-likeness (QED) is 0.827. The van der Waals surface area contributed by atoms with Gasteiger partial charge in [0.2, 0.25) is 5.91 Å². The number of halogens is 1. The van der Waals surface area contributed by atoms with Crippen molar-refractivity contribution >= 4 is 34.6 Å². The van der Waals surface area contributed by atoms with Crippen LogP contribution < -0.4 is 11.2 Å². The second-order valence-electron chi connectivity index (χ2n) is 3.40. The maximum absolute atomic E-state index is 12.0. The molecule has 0 aliphatic heterocycles. The van der Waals surface area contributed by atoms with Crippen LogP contribution in [-0.4, -0.2) is 5.91 Å².